The Balaban J connectivity index is 2.32. The monoisotopic (exact) mass is 259 g/mol. The zero-order valence-electron chi connectivity index (χ0n) is 10.4. The van der Waals surface area contributed by atoms with Gasteiger partial charge in [0.25, 0.3) is 0 Å². The van der Waals surface area contributed by atoms with E-state index < -0.39 is 11.6 Å². The molecular formula is C14H13NO4. The molecule has 1 aromatic heterocycles. The zero-order chi connectivity index (χ0) is 13.7. The second-order valence-corrected chi connectivity index (χ2v) is 3.70. The van der Waals surface area contributed by atoms with E-state index >= 15 is 0 Å². The van der Waals surface area contributed by atoms with Crippen LogP contribution in [0.5, 0.6) is 0 Å². The van der Waals surface area contributed by atoms with Crippen LogP contribution in [0, 0.1) is 0 Å². The molecular weight excluding hydrogens is 246 g/mol. The molecule has 0 N–H and O–H groups in total. The van der Waals surface area contributed by atoms with Crippen molar-refractivity contribution < 1.29 is 14.1 Å². The van der Waals surface area contributed by atoms with Gasteiger partial charge in [0.15, 0.2) is 0 Å². The molecule has 0 aliphatic heterocycles. The van der Waals surface area contributed by atoms with Crippen molar-refractivity contribution in [1.82, 2.24) is 4.74 Å². The summed E-state index contributed by atoms with van der Waals surface area (Å²) in [5.41, 5.74) is 0.917. The number of hydrogen-bond donors (Lipinski definition) is 0. The van der Waals surface area contributed by atoms with Crippen molar-refractivity contribution in [3.8, 4) is 11.3 Å². The molecule has 0 amide bonds. The third kappa shape index (κ3) is 3.22. The minimum atomic E-state index is -0.488. The average Bonchev–Trinajstić information content (AvgIpc) is 2.79. The largest absolute Gasteiger partial charge is 0.463 e. The van der Waals surface area contributed by atoms with Gasteiger partial charge in [-0.05, 0) is 6.92 Å². The fourth-order valence-corrected chi connectivity index (χ4v) is 1.60. The van der Waals surface area contributed by atoms with Gasteiger partial charge in [0.1, 0.15) is 0 Å². The fraction of sp³-hybridized carbons (Fsp3) is 0.143. The maximum absolute atomic E-state index is 11.3. The minimum absolute atomic E-state index is 0.296. The maximum atomic E-state index is 11.3. The molecule has 1 aromatic carbocycles. The molecule has 0 spiro atoms. The SMILES string of the molecule is CCOC(=O)/C=C/n1oc(=O)cc1-c1ccccc1. The number of hydrogen-bond acceptors (Lipinski definition) is 4. The predicted octanol–water partition coefficient (Wildman–Crippen LogP) is 2.14. The van der Waals surface area contributed by atoms with Crippen molar-refractivity contribution >= 4 is 12.2 Å². The van der Waals surface area contributed by atoms with Gasteiger partial charge >= 0.3 is 11.6 Å². The molecule has 98 valence electrons. The van der Waals surface area contributed by atoms with Gasteiger partial charge in [-0.3, -0.25) is 0 Å². The first kappa shape index (κ1) is 12.9. The summed E-state index contributed by atoms with van der Waals surface area (Å²) in [5, 5.41) is 0. The number of carbonyl (C=O) groups excluding carboxylic acids is 1. The van der Waals surface area contributed by atoms with Gasteiger partial charge in [-0.15, -0.1) is 0 Å². The number of benzene rings is 1. The van der Waals surface area contributed by atoms with E-state index in [-0.39, 0.29) is 0 Å². The molecule has 0 saturated carbocycles. The van der Waals surface area contributed by atoms with Crippen molar-refractivity contribution in [3.05, 3.63) is 52.9 Å². The maximum Gasteiger partial charge on any atom is 0.358 e. The summed E-state index contributed by atoms with van der Waals surface area (Å²) in [6.07, 6.45) is 2.57. The van der Waals surface area contributed by atoms with E-state index in [1.807, 2.05) is 30.3 Å². The van der Waals surface area contributed by atoms with Crippen LogP contribution in [0.25, 0.3) is 17.5 Å². The summed E-state index contributed by atoms with van der Waals surface area (Å²) in [4.78, 5) is 22.5. The van der Waals surface area contributed by atoms with Crippen LogP contribution in [0.1, 0.15) is 6.92 Å². The molecule has 0 atom stereocenters. The lowest BCUT2D eigenvalue weighted by Gasteiger charge is -2.01. The molecule has 0 aliphatic carbocycles. The van der Waals surface area contributed by atoms with Gasteiger partial charge in [0, 0.05) is 11.6 Å². The number of ether oxygens (including phenoxy) is 1. The highest BCUT2D eigenvalue weighted by Crippen LogP contribution is 2.17. The van der Waals surface area contributed by atoms with E-state index in [9.17, 15) is 9.59 Å². The molecule has 0 aliphatic rings. The second kappa shape index (κ2) is 5.86. The van der Waals surface area contributed by atoms with Gasteiger partial charge < -0.3 is 9.26 Å². The highest BCUT2D eigenvalue weighted by atomic mass is 16.5. The Bertz CT molecular complexity index is 637. The number of carbonyl (C=O) groups is 1. The zero-order valence-corrected chi connectivity index (χ0v) is 10.4. The molecule has 2 aromatic rings. The van der Waals surface area contributed by atoms with E-state index in [0.717, 1.165) is 5.56 Å². The summed E-state index contributed by atoms with van der Waals surface area (Å²) >= 11 is 0. The fourth-order valence-electron chi connectivity index (χ4n) is 1.60. The van der Waals surface area contributed by atoms with E-state index in [0.29, 0.717) is 12.3 Å². The third-order valence-electron chi connectivity index (χ3n) is 2.38. The first-order chi connectivity index (χ1) is 9.20. The second-order valence-electron chi connectivity index (χ2n) is 3.70. The Morgan fingerprint density at radius 1 is 1.37 bits per heavy atom. The van der Waals surface area contributed by atoms with Crippen LogP contribution in [-0.2, 0) is 9.53 Å². The highest BCUT2D eigenvalue weighted by Gasteiger charge is 2.07. The Kier molecular flexibility index (Phi) is 3.97. The van der Waals surface area contributed by atoms with Crippen molar-refractivity contribution in [2.45, 2.75) is 6.92 Å². The van der Waals surface area contributed by atoms with Crippen LogP contribution in [0.2, 0.25) is 0 Å². The molecule has 1 heterocycles. The Morgan fingerprint density at radius 2 is 2.11 bits per heavy atom. The number of esters is 1. The molecule has 0 unspecified atom stereocenters. The van der Waals surface area contributed by atoms with Gasteiger partial charge in [0.05, 0.1) is 24.6 Å². The lowest BCUT2D eigenvalue weighted by molar-refractivity contribution is -0.137. The van der Waals surface area contributed by atoms with Crippen molar-refractivity contribution in [3.63, 3.8) is 0 Å². The van der Waals surface area contributed by atoms with Crippen LogP contribution in [0.15, 0.2) is 51.8 Å². The molecule has 5 nitrogen and oxygen atoms in total. The number of rotatable bonds is 4. The summed E-state index contributed by atoms with van der Waals surface area (Å²) in [7, 11) is 0. The van der Waals surface area contributed by atoms with Crippen LogP contribution >= 0.6 is 0 Å². The van der Waals surface area contributed by atoms with Crippen molar-refractivity contribution in [1.29, 1.82) is 0 Å². The van der Waals surface area contributed by atoms with Crippen molar-refractivity contribution in [2.75, 3.05) is 6.61 Å². The standard InChI is InChI=1S/C14H13NO4/c1-2-18-13(16)8-9-15-12(10-14(17)19-15)11-6-4-3-5-7-11/h3-10H,2H2,1H3/b9-8+. The van der Waals surface area contributed by atoms with Gasteiger partial charge in [-0.25, -0.2) is 9.59 Å². The Morgan fingerprint density at radius 3 is 2.79 bits per heavy atom. The first-order valence-electron chi connectivity index (χ1n) is 5.84. The Labute approximate surface area is 109 Å². The van der Waals surface area contributed by atoms with E-state index in [1.165, 1.54) is 23.1 Å². The molecule has 0 bridgehead atoms. The van der Waals surface area contributed by atoms with Gasteiger partial charge in [-0.2, -0.15) is 4.74 Å². The van der Waals surface area contributed by atoms with E-state index in [1.54, 1.807) is 6.92 Å². The van der Waals surface area contributed by atoms with Gasteiger partial charge in [0.2, 0.25) is 0 Å². The average molecular weight is 259 g/mol. The lowest BCUT2D eigenvalue weighted by atomic mass is 10.1. The van der Waals surface area contributed by atoms with Crippen LogP contribution < -0.4 is 5.63 Å². The quantitative estimate of drug-likeness (QED) is 0.623. The summed E-state index contributed by atoms with van der Waals surface area (Å²) in [6.45, 7) is 2.02. The normalized spacial score (nSPS) is 10.8. The molecule has 0 fully saturated rings. The lowest BCUT2D eigenvalue weighted by Crippen LogP contribution is -2.00. The summed E-state index contributed by atoms with van der Waals surface area (Å²) < 4.78 is 11.0. The summed E-state index contributed by atoms with van der Waals surface area (Å²) in [5.74, 6) is -0.488. The molecule has 5 heteroatoms. The van der Waals surface area contributed by atoms with Crippen LogP contribution in [-0.4, -0.2) is 17.3 Å². The van der Waals surface area contributed by atoms with Crippen molar-refractivity contribution in [2.24, 2.45) is 0 Å². The van der Waals surface area contributed by atoms with Crippen LogP contribution in [0.4, 0.5) is 0 Å². The van der Waals surface area contributed by atoms with E-state index in [4.69, 9.17) is 9.26 Å². The predicted molar refractivity (Wildman–Crippen MR) is 70.4 cm³/mol. The topological polar surface area (TPSA) is 61.4 Å². The number of aromatic nitrogens is 1. The molecule has 2 rings (SSSR count). The minimum Gasteiger partial charge on any atom is -0.463 e. The van der Waals surface area contributed by atoms with E-state index in [2.05, 4.69) is 0 Å². The highest BCUT2D eigenvalue weighted by molar-refractivity contribution is 5.85. The Hall–Kier alpha value is -2.56. The molecule has 19 heavy (non-hydrogen) atoms. The third-order valence-corrected chi connectivity index (χ3v) is 2.38. The molecule has 0 saturated heterocycles. The molecule has 0 radical (unpaired) electrons. The summed E-state index contributed by atoms with van der Waals surface area (Å²) in [6, 6.07) is 10.6. The number of nitrogens with zero attached hydrogens (tertiary/aromatic N) is 1. The van der Waals surface area contributed by atoms with Gasteiger partial charge in [-0.1, -0.05) is 30.3 Å². The smallest absolute Gasteiger partial charge is 0.358 e. The first-order valence-corrected chi connectivity index (χ1v) is 5.84. The van der Waals surface area contributed by atoms with Crippen LogP contribution in [0.3, 0.4) is 0 Å².